The maximum Gasteiger partial charge on any atom is 0.294 e. The maximum absolute atomic E-state index is 10.5. The smallest absolute Gasteiger partial charge is 0.294 e. The summed E-state index contributed by atoms with van der Waals surface area (Å²) in [7, 11) is -4.02. The van der Waals surface area contributed by atoms with Crippen molar-refractivity contribution in [3.63, 3.8) is 0 Å². The quantitative estimate of drug-likeness (QED) is 0.661. The van der Waals surface area contributed by atoms with Crippen LogP contribution in [-0.2, 0) is 10.1 Å². The van der Waals surface area contributed by atoms with Crippen molar-refractivity contribution in [2.45, 2.75) is 25.7 Å². The standard InChI is InChI=1S/C10H16N2.C7H8O3S/c1-3-12(4-2)10-7-5-9(11)6-8-10;1-6-2-4-7(5-3-6)11(8,9)10/h5-8H,3-4,11H2,1-2H3;2-5H,1H3,(H,8,9,10). The zero-order valence-electron chi connectivity index (χ0n) is 13.7. The van der Waals surface area contributed by atoms with Crippen LogP contribution in [0.25, 0.3) is 0 Å². The van der Waals surface area contributed by atoms with Gasteiger partial charge in [-0.1, -0.05) is 17.7 Å². The van der Waals surface area contributed by atoms with Crippen LogP contribution in [0.4, 0.5) is 11.4 Å². The Morgan fingerprint density at radius 2 is 1.43 bits per heavy atom. The number of benzene rings is 2. The van der Waals surface area contributed by atoms with E-state index in [9.17, 15) is 8.42 Å². The van der Waals surface area contributed by atoms with Gasteiger partial charge in [0.15, 0.2) is 0 Å². The van der Waals surface area contributed by atoms with Gasteiger partial charge in [0.05, 0.1) is 4.90 Å². The van der Waals surface area contributed by atoms with Crippen molar-refractivity contribution in [3.8, 4) is 0 Å². The van der Waals surface area contributed by atoms with Gasteiger partial charge in [-0.15, -0.1) is 0 Å². The van der Waals surface area contributed by atoms with E-state index in [1.807, 2.05) is 19.1 Å². The van der Waals surface area contributed by atoms with E-state index >= 15 is 0 Å². The zero-order chi connectivity index (χ0) is 17.5. The average molecular weight is 336 g/mol. The third kappa shape index (κ3) is 6.30. The van der Waals surface area contributed by atoms with Gasteiger partial charge in [-0.05, 0) is 57.2 Å². The molecule has 2 rings (SSSR count). The molecule has 0 spiro atoms. The minimum atomic E-state index is -4.02. The number of hydrogen-bond donors (Lipinski definition) is 2. The highest BCUT2D eigenvalue weighted by molar-refractivity contribution is 7.85. The van der Waals surface area contributed by atoms with Crippen LogP contribution >= 0.6 is 0 Å². The Kier molecular flexibility index (Phi) is 7.06. The average Bonchev–Trinajstić information content (AvgIpc) is 2.50. The van der Waals surface area contributed by atoms with E-state index in [1.54, 1.807) is 12.1 Å². The number of rotatable bonds is 4. The number of aryl methyl sites for hydroxylation is 1. The van der Waals surface area contributed by atoms with Crippen LogP contribution in [0, 0.1) is 6.92 Å². The van der Waals surface area contributed by atoms with E-state index in [0.29, 0.717) is 0 Å². The molecule has 2 aromatic carbocycles. The van der Waals surface area contributed by atoms with E-state index < -0.39 is 10.1 Å². The molecule has 23 heavy (non-hydrogen) atoms. The summed E-state index contributed by atoms with van der Waals surface area (Å²) < 4.78 is 29.6. The van der Waals surface area contributed by atoms with Crippen molar-refractivity contribution in [2.75, 3.05) is 23.7 Å². The molecule has 0 radical (unpaired) electrons. The minimum absolute atomic E-state index is 0.0666. The normalized spacial score (nSPS) is 10.6. The van der Waals surface area contributed by atoms with Crippen LogP contribution < -0.4 is 10.6 Å². The van der Waals surface area contributed by atoms with Gasteiger partial charge in [0.2, 0.25) is 0 Å². The summed E-state index contributed by atoms with van der Waals surface area (Å²) in [6, 6.07) is 14.0. The van der Waals surface area contributed by atoms with Crippen LogP contribution in [0.15, 0.2) is 53.4 Å². The number of nitrogen functional groups attached to an aromatic ring is 1. The van der Waals surface area contributed by atoms with Gasteiger partial charge >= 0.3 is 0 Å². The van der Waals surface area contributed by atoms with Crippen LogP contribution in [0.5, 0.6) is 0 Å². The number of hydrogen-bond acceptors (Lipinski definition) is 4. The Morgan fingerprint density at radius 1 is 0.957 bits per heavy atom. The van der Waals surface area contributed by atoms with Crippen LogP contribution in [-0.4, -0.2) is 26.1 Å². The SMILES string of the molecule is CCN(CC)c1ccc(N)cc1.Cc1ccc(S(=O)(=O)O)cc1. The highest BCUT2D eigenvalue weighted by atomic mass is 32.2. The van der Waals surface area contributed by atoms with Crippen molar-refractivity contribution < 1.29 is 13.0 Å². The number of nitrogens with zero attached hydrogens (tertiary/aromatic N) is 1. The molecule has 0 aliphatic heterocycles. The lowest BCUT2D eigenvalue weighted by Gasteiger charge is -2.20. The molecule has 2 aromatic rings. The molecular weight excluding hydrogens is 312 g/mol. The van der Waals surface area contributed by atoms with E-state index in [2.05, 4.69) is 30.9 Å². The lowest BCUT2D eigenvalue weighted by molar-refractivity contribution is 0.483. The van der Waals surface area contributed by atoms with E-state index in [-0.39, 0.29) is 4.90 Å². The molecule has 0 fully saturated rings. The van der Waals surface area contributed by atoms with Gasteiger partial charge in [-0.2, -0.15) is 8.42 Å². The first-order valence-corrected chi connectivity index (χ1v) is 8.86. The summed E-state index contributed by atoms with van der Waals surface area (Å²) in [6.45, 7) is 8.23. The summed E-state index contributed by atoms with van der Waals surface area (Å²) in [5.74, 6) is 0. The second-order valence-electron chi connectivity index (χ2n) is 5.05. The van der Waals surface area contributed by atoms with Crippen molar-refractivity contribution in [3.05, 3.63) is 54.1 Å². The fraction of sp³-hybridized carbons (Fsp3) is 0.294. The molecular formula is C17H24N2O3S. The molecule has 3 N–H and O–H groups in total. The lowest BCUT2D eigenvalue weighted by atomic mass is 10.2. The molecule has 0 aliphatic carbocycles. The van der Waals surface area contributed by atoms with Gasteiger partial charge in [-0.25, -0.2) is 0 Å². The molecule has 0 aromatic heterocycles. The van der Waals surface area contributed by atoms with Gasteiger partial charge in [0, 0.05) is 24.5 Å². The fourth-order valence-electron chi connectivity index (χ4n) is 1.98. The van der Waals surface area contributed by atoms with E-state index in [4.69, 9.17) is 10.3 Å². The van der Waals surface area contributed by atoms with Crippen LogP contribution in [0.3, 0.4) is 0 Å². The Balaban J connectivity index is 0.000000231. The van der Waals surface area contributed by atoms with Crippen molar-refractivity contribution in [2.24, 2.45) is 0 Å². The predicted octanol–water partition coefficient (Wildman–Crippen LogP) is 3.36. The first-order valence-electron chi connectivity index (χ1n) is 7.42. The Labute approximate surface area is 138 Å². The summed E-state index contributed by atoms with van der Waals surface area (Å²) >= 11 is 0. The predicted molar refractivity (Wildman–Crippen MR) is 95.4 cm³/mol. The molecule has 0 unspecified atom stereocenters. The highest BCUT2D eigenvalue weighted by Crippen LogP contribution is 2.15. The molecule has 0 saturated heterocycles. The summed E-state index contributed by atoms with van der Waals surface area (Å²) in [5.41, 5.74) is 8.62. The second kappa shape index (κ2) is 8.55. The lowest BCUT2D eigenvalue weighted by Crippen LogP contribution is -2.21. The molecule has 5 nitrogen and oxygen atoms in total. The Morgan fingerprint density at radius 3 is 1.83 bits per heavy atom. The summed E-state index contributed by atoms with van der Waals surface area (Å²) in [6.07, 6.45) is 0. The van der Waals surface area contributed by atoms with Crippen molar-refractivity contribution in [1.29, 1.82) is 0 Å². The van der Waals surface area contributed by atoms with Gasteiger partial charge < -0.3 is 10.6 Å². The van der Waals surface area contributed by atoms with Crippen molar-refractivity contribution >= 4 is 21.5 Å². The third-order valence-corrected chi connectivity index (χ3v) is 4.21. The number of anilines is 2. The van der Waals surface area contributed by atoms with E-state index in [1.165, 1.54) is 17.8 Å². The second-order valence-corrected chi connectivity index (χ2v) is 6.47. The molecule has 0 aliphatic rings. The topological polar surface area (TPSA) is 83.6 Å². The minimum Gasteiger partial charge on any atom is -0.399 e. The molecule has 0 atom stereocenters. The molecule has 0 heterocycles. The largest absolute Gasteiger partial charge is 0.399 e. The first-order chi connectivity index (χ1) is 10.8. The summed E-state index contributed by atoms with van der Waals surface area (Å²) in [5, 5.41) is 0. The highest BCUT2D eigenvalue weighted by Gasteiger charge is 2.06. The molecule has 0 saturated carbocycles. The van der Waals surface area contributed by atoms with Gasteiger partial charge in [0.25, 0.3) is 10.1 Å². The van der Waals surface area contributed by atoms with Gasteiger partial charge in [-0.3, -0.25) is 4.55 Å². The fourth-order valence-corrected chi connectivity index (χ4v) is 2.46. The van der Waals surface area contributed by atoms with Gasteiger partial charge in [0.1, 0.15) is 0 Å². The first kappa shape index (κ1) is 19.0. The number of nitrogens with two attached hydrogens (primary N) is 1. The monoisotopic (exact) mass is 336 g/mol. The molecule has 0 amide bonds. The van der Waals surface area contributed by atoms with Crippen LogP contribution in [0.1, 0.15) is 19.4 Å². The zero-order valence-corrected chi connectivity index (χ0v) is 14.5. The Bertz CT molecular complexity index is 692. The Hall–Kier alpha value is -2.05. The summed E-state index contributed by atoms with van der Waals surface area (Å²) in [4.78, 5) is 2.22. The maximum atomic E-state index is 10.5. The van der Waals surface area contributed by atoms with Crippen LogP contribution in [0.2, 0.25) is 0 Å². The molecule has 126 valence electrons. The third-order valence-electron chi connectivity index (χ3n) is 3.34. The van der Waals surface area contributed by atoms with E-state index in [0.717, 1.165) is 24.3 Å². The van der Waals surface area contributed by atoms with Crippen molar-refractivity contribution in [1.82, 2.24) is 0 Å². The molecule has 0 bridgehead atoms. The molecule has 6 heteroatoms.